The molecule has 0 heterocycles. The maximum atomic E-state index is 12.8. The van der Waals surface area contributed by atoms with Crippen LogP contribution in [0.1, 0.15) is 47.5 Å². The SMILES string of the molecule is CC(C)C[C@](C=O)(N[C@@H](C=O)C(C)C)N(C)C(=O)CN(C)C(=O)C[C@@H](C)O. The van der Waals surface area contributed by atoms with Gasteiger partial charge in [-0.05, 0) is 25.2 Å². The molecule has 8 nitrogen and oxygen atoms in total. The Hall–Kier alpha value is -1.80. The van der Waals surface area contributed by atoms with Gasteiger partial charge in [-0.15, -0.1) is 0 Å². The highest BCUT2D eigenvalue weighted by molar-refractivity contribution is 5.87. The molecule has 0 aromatic rings. The highest BCUT2D eigenvalue weighted by Crippen LogP contribution is 2.21. The number of aliphatic hydroxyl groups excluding tert-OH is 1. The number of hydrogen-bond acceptors (Lipinski definition) is 6. The lowest BCUT2D eigenvalue weighted by molar-refractivity contribution is -0.148. The second-order valence-corrected chi connectivity index (χ2v) is 7.95. The number of carbonyl (C=O) groups excluding carboxylic acids is 4. The summed E-state index contributed by atoms with van der Waals surface area (Å²) in [5.74, 6) is -0.793. The largest absolute Gasteiger partial charge is 0.393 e. The molecule has 0 spiro atoms. The maximum absolute atomic E-state index is 12.8. The van der Waals surface area contributed by atoms with Crippen molar-refractivity contribution in [2.45, 2.75) is 65.3 Å². The third-order valence-electron chi connectivity index (χ3n) is 4.44. The van der Waals surface area contributed by atoms with Gasteiger partial charge in [0.2, 0.25) is 11.8 Å². The Bertz CT molecular complexity index is 521. The molecule has 0 fully saturated rings. The average molecular weight is 386 g/mol. The van der Waals surface area contributed by atoms with Gasteiger partial charge in [-0.2, -0.15) is 0 Å². The number of nitrogens with one attached hydrogen (secondary N) is 1. The van der Waals surface area contributed by atoms with Crippen molar-refractivity contribution in [3.05, 3.63) is 0 Å². The monoisotopic (exact) mass is 385 g/mol. The van der Waals surface area contributed by atoms with Gasteiger partial charge in [-0.25, -0.2) is 0 Å². The van der Waals surface area contributed by atoms with Crippen LogP contribution in [0.25, 0.3) is 0 Å². The predicted molar refractivity (Wildman–Crippen MR) is 103 cm³/mol. The van der Waals surface area contributed by atoms with Crippen LogP contribution in [0.3, 0.4) is 0 Å². The van der Waals surface area contributed by atoms with Gasteiger partial charge in [0.05, 0.1) is 25.1 Å². The van der Waals surface area contributed by atoms with Crippen LogP contribution >= 0.6 is 0 Å². The first-order valence-electron chi connectivity index (χ1n) is 9.28. The van der Waals surface area contributed by atoms with Crippen LogP contribution in [-0.2, 0) is 19.2 Å². The summed E-state index contributed by atoms with van der Waals surface area (Å²) in [7, 11) is 2.96. The van der Waals surface area contributed by atoms with E-state index in [1.54, 1.807) is 0 Å². The molecule has 2 amide bonds. The topological polar surface area (TPSA) is 107 Å². The summed E-state index contributed by atoms with van der Waals surface area (Å²) in [4.78, 5) is 50.7. The Morgan fingerprint density at radius 1 is 1.07 bits per heavy atom. The first-order chi connectivity index (χ1) is 12.4. The number of aldehydes is 2. The molecule has 27 heavy (non-hydrogen) atoms. The van der Waals surface area contributed by atoms with Gasteiger partial charge < -0.3 is 19.7 Å². The van der Waals surface area contributed by atoms with Crippen molar-refractivity contribution >= 4 is 24.4 Å². The third kappa shape index (κ3) is 7.76. The molecule has 0 aliphatic rings. The zero-order valence-electron chi connectivity index (χ0n) is 17.6. The van der Waals surface area contributed by atoms with E-state index < -0.39 is 23.7 Å². The number of hydrogen-bond donors (Lipinski definition) is 2. The van der Waals surface area contributed by atoms with Gasteiger partial charge in [0, 0.05) is 14.1 Å². The van der Waals surface area contributed by atoms with Crippen LogP contribution in [0.2, 0.25) is 0 Å². The quantitative estimate of drug-likeness (QED) is 0.373. The molecule has 0 radical (unpaired) electrons. The number of rotatable bonds is 12. The van der Waals surface area contributed by atoms with Gasteiger partial charge in [0.25, 0.3) is 0 Å². The Balaban J connectivity index is 5.51. The summed E-state index contributed by atoms with van der Waals surface area (Å²) in [6.07, 6.45) is 0.823. The molecule has 0 aliphatic heterocycles. The van der Waals surface area contributed by atoms with E-state index in [2.05, 4.69) is 5.32 Å². The first kappa shape index (κ1) is 25.2. The minimum atomic E-state index is -1.35. The normalized spacial score (nSPS) is 15.8. The third-order valence-corrected chi connectivity index (χ3v) is 4.44. The maximum Gasteiger partial charge on any atom is 0.243 e. The molecule has 0 aromatic carbocycles. The lowest BCUT2D eigenvalue weighted by Gasteiger charge is -2.42. The van der Waals surface area contributed by atoms with Crippen molar-refractivity contribution in [3.63, 3.8) is 0 Å². The molecular weight excluding hydrogens is 350 g/mol. The van der Waals surface area contributed by atoms with E-state index >= 15 is 0 Å². The molecule has 0 aromatic heterocycles. The second-order valence-electron chi connectivity index (χ2n) is 7.95. The molecule has 156 valence electrons. The van der Waals surface area contributed by atoms with Crippen LogP contribution in [0.4, 0.5) is 0 Å². The summed E-state index contributed by atoms with van der Waals surface area (Å²) in [5.41, 5.74) is -1.35. The van der Waals surface area contributed by atoms with Crippen molar-refractivity contribution < 1.29 is 24.3 Å². The van der Waals surface area contributed by atoms with Crippen LogP contribution in [-0.4, -0.2) is 77.7 Å². The summed E-state index contributed by atoms with van der Waals surface area (Å²) in [6.45, 7) is 8.80. The first-order valence-corrected chi connectivity index (χ1v) is 9.28. The molecule has 0 aliphatic carbocycles. The van der Waals surface area contributed by atoms with E-state index in [0.717, 1.165) is 6.29 Å². The smallest absolute Gasteiger partial charge is 0.243 e. The molecule has 0 bridgehead atoms. The minimum Gasteiger partial charge on any atom is -0.393 e. The van der Waals surface area contributed by atoms with Crippen molar-refractivity contribution in [2.75, 3.05) is 20.6 Å². The van der Waals surface area contributed by atoms with E-state index in [4.69, 9.17) is 0 Å². The Labute approximate surface area is 162 Å². The Kier molecular flexibility index (Phi) is 10.4. The second kappa shape index (κ2) is 11.1. The van der Waals surface area contributed by atoms with Crippen LogP contribution < -0.4 is 5.32 Å². The van der Waals surface area contributed by atoms with Gasteiger partial charge in [-0.3, -0.25) is 19.7 Å². The fourth-order valence-corrected chi connectivity index (χ4v) is 2.75. The standard InChI is InChI=1S/C19H35N3O5/c1-13(2)9-19(12-24,20-16(11-23)14(3)4)22(7)18(27)10-21(6)17(26)8-15(5)25/h11-16,20,25H,8-10H2,1-7H3/t15-,16+,19+/m1/s1. The number of likely N-dealkylation sites (N-methyl/N-ethyl adjacent to an activating group) is 2. The van der Waals surface area contributed by atoms with Gasteiger partial charge >= 0.3 is 0 Å². The fraction of sp³-hybridized carbons (Fsp3) is 0.789. The van der Waals surface area contributed by atoms with Crippen LogP contribution in [0.5, 0.6) is 0 Å². The summed E-state index contributed by atoms with van der Waals surface area (Å²) < 4.78 is 0. The van der Waals surface area contributed by atoms with Gasteiger partial charge in [0.1, 0.15) is 6.29 Å². The van der Waals surface area contributed by atoms with Crippen molar-refractivity contribution in [3.8, 4) is 0 Å². The molecule has 0 unspecified atom stereocenters. The molecule has 3 atom stereocenters. The molecule has 0 saturated heterocycles. The molecule has 0 saturated carbocycles. The van der Waals surface area contributed by atoms with Crippen molar-refractivity contribution in [2.24, 2.45) is 11.8 Å². The average Bonchev–Trinajstić information content (AvgIpc) is 2.56. The predicted octanol–water partition coefficient (Wildman–Crippen LogP) is 0.429. The molecular formula is C19H35N3O5. The van der Waals surface area contributed by atoms with Crippen LogP contribution in [0.15, 0.2) is 0 Å². The van der Waals surface area contributed by atoms with Gasteiger partial charge in [-0.1, -0.05) is 27.7 Å². The summed E-state index contributed by atoms with van der Waals surface area (Å²) in [6, 6.07) is -0.598. The van der Waals surface area contributed by atoms with Crippen molar-refractivity contribution in [1.82, 2.24) is 15.1 Å². The van der Waals surface area contributed by atoms with E-state index in [0.29, 0.717) is 12.7 Å². The number of nitrogens with zero attached hydrogens (tertiary/aromatic N) is 2. The number of aliphatic hydroxyl groups is 1. The van der Waals surface area contributed by atoms with E-state index in [1.807, 2.05) is 27.7 Å². The number of amides is 2. The number of carbonyl (C=O) groups is 4. The van der Waals surface area contributed by atoms with Gasteiger partial charge in [0.15, 0.2) is 11.9 Å². The van der Waals surface area contributed by atoms with E-state index in [1.165, 1.54) is 30.8 Å². The molecule has 0 rings (SSSR count). The highest BCUT2D eigenvalue weighted by atomic mass is 16.3. The summed E-state index contributed by atoms with van der Waals surface area (Å²) in [5, 5.41) is 12.4. The molecule has 8 heteroatoms. The fourth-order valence-electron chi connectivity index (χ4n) is 2.75. The van der Waals surface area contributed by atoms with E-state index in [9.17, 15) is 24.3 Å². The molecule has 2 N–H and O–H groups in total. The lowest BCUT2D eigenvalue weighted by Crippen LogP contribution is -2.66. The van der Waals surface area contributed by atoms with E-state index in [-0.39, 0.29) is 30.7 Å². The van der Waals surface area contributed by atoms with Crippen molar-refractivity contribution in [1.29, 1.82) is 0 Å². The highest BCUT2D eigenvalue weighted by Gasteiger charge is 2.40. The summed E-state index contributed by atoms with van der Waals surface area (Å²) >= 11 is 0. The zero-order chi connectivity index (χ0) is 21.4. The minimum absolute atomic E-state index is 0.0622. The van der Waals surface area contributed by atoms with Crippen LogP contribution in [0, 0.1) is 11.8 Å². The Morgan fingerprint density at radius 2 is 1.63 bits per heavy atom. The zero-order valence-corrected chi connectivity index (χ0v) is 17.6. The lowest BCUT2D eigenvalue weighted by atomic mass is 9.93. The Morgan fingerprint density at radius 3 is 2.00 bits per heavy atom.